The number of hydrogen-bond donors (Lipinski definition) is 1. The van der Waals surface area contributed by atoms with Crippen LogP contribution in [0.4, 0.5) is 5.69 Å². The lowest BCUT2D eigenvalue weighted by Gasteiger charge is -2.09. The quantitative estimate of drug-likeness (QED) is 0.913. The zero-order valence-electron chi connectivity index (χ0n) is 10.6. The molecule has 1 aromatic heterocycles. The molecule has 0 atom stereocenters. The predicted molar refractivity (Wildman–Crippen MR) is 80.7 cm³/mol. The summed E-state index contributed by atoms with van der Waals surface area (Å²) in [6.07, 6.45) is 0. The SMILES string of the molecule is CC(C)c1ccc(NS(=O)(=O)c2ccc(Cl)s2)cc1. The first kappa shape index (κ1) is 14.4. The summed E-state index contributed by atoms with van der Waals surface area (Å²) in [7, 11) is -3.54. The molecule has 0 saturated heterocycles. The highest BCUT2D eigenvalue weighted by Crippen LogP contribution is 2.27. The summed E-state index contributed by atoms with van der Waals surface area (Å²) in [6, 6.07) is 10.4. The number of nitrogens with one attached hydrogen (secondary N) is 1. The minimum atomic E-state index is -3.54. The first-order valence-corrected chi connectivity index (χ1v) is 8.44. The molecule has 3 nitrogen and oxygen atoms in total. The number of anilines is 1. The fraction of sp³-hybridized carbons (Fsp3) is 0.231. The molecule has 0 saturated carbocycles. The Morgan fingerprint density at radius 1 is 1.11 bits per heavy atom. The van der Waals surface area contributed by atoms with Crippen molar-refractivity contribution < 1.29 is 8.42 Å². The number of sulfonamides is 1. The van der Waals surface area contributed by atoms with Gasteiger partial charge in [0.2, 0.25) is 0 Å². The number of thiophene rings is 1. The third-order valence-corrected chi connectivity index (χ3v) is 5.75. The minimum absolute atomic E-state index is 0.213. The van der Waals surface area contributed by atoms with Crippen molar-refractivity contribution in [3.63, 3.8) is 0 Å². The van der Waals surface area contributed by atoms with Gasteiger partial charge in [0, 0.05) is 5.69 Å². The summed E-state index contributed by atoms with van der Waals surface area (Å²) < 4.78 is 27.4. The van der Waals surface area contributed by atoms with Gasteiger partial charge in [-0.3, -0.25) is 4.72 Å². The Bertz CT molecular complexity index is 660. The van der Waals surface area contributed by atoms with E-state index in [-0.39, 0.29) is 4.21 Å². The molecule has 0 bridgehead atoms. The van der Waals surface area contributed by atoms with E-state index in [0.29, 0.717) is 15.9 Å². The van der Waals surface area contributed by atoms with E-state index in [2.05, 4.69) is 18.6 Å². The van der Waals surface area contributed by atoms with Crippen LogP contribution in [0.5, 0.6) is 0 Å². The maximum atomic E-state index is 12.1. The molecule has 6 heteroatoms. The molecule has 0 fully saturated rings. The van der Waals surface area contributed by atoms with Crippen LogP contribution >= 0.6 is 22.9 Å². The topological polar surface area (TPSA) is 46.2 Å². The second kappa shape index (κ2) is 5.53. The Hall–Kier alpha value is -1.04. The summed E-state index contributed by atoms with van der Waals surface area (Å²) in [6.45, 7) is 4.18. The lowest BCUT2D eigenvalue weighted by molar-refractivity contribution is 0.603. The highest BCUT2D eigenvalue weighted by Gasteiger charge is 2.16. The maximum absolute atomic E-state index is 12.1. The number of hydrogen-bond acceptors (Lipinski definition) is 3. The van der Waals surface area contributed by atoms with Crippen LogP contribution in [0, 0.1) is 0 Å². The van der Waals surface area contributed by atoms with Gasteiger partial charge in [-0.2, -0.15) is 0 Å². The van der Waals surface area contributed by atoms with Gasteiger partial charge >= 0.3 is 0 Å². The van der Waals surface area contributed by atoms with Gasteiger partial charge in [-0.25, -0.2) is 8.42 Å². The summed E-state index contributed by atoms with van der Waals surface area (Å²) >= 11 is 6.79. The first-order chi connectivity index (χ1) is 8.88. The lowest BCUT2D eigenvalue weighted by Crippen LogP contribution is -2.11. The summed E-state index contributed by atoms with van der Waals surface area (Å²) in [4.78, 5) is 0. The van der Waals surface area contributed by atoms with Gasteiger partial charge in [0.25, 0.3) is 10.0 Å². The van der Waals surface area contributed by atoms with Gasteiger partial charge in [0.1, 0.15) is 4.21 Å². The van der Waals surface area contributed by atoms with E-state index in [4.69, 9.17) is 11.6 Å². The number of rotatable bonds is 4. The van der Waals surface area contributed by atoms with Crippen molar-refractivity contribution in [1.82, 2.24) is 0 Å². The molecule has 0 aliphatic rings. The Morgan fingerprint density at radius 2 is 1.74 bits per heavy atom. The molecular weight excluding hydrogens is 302 g/mol. The van der Waals surface area contributed by atoms with Crippen LogP contribution < -0.4 is 4.72 Å². The van der Waals surface area contributed by atoms with Crippen LogP contribution in [0.15, 0.2) is 40.6 Å². The molecule has 0 aliphatic carbocycles. The third kappa shape index (κ3) is 3.49. The molecule has 1 heterocycles. The van der Waals surface area contributed by atoms with Crippen LogP contribution in [-0.4, -0.2) is 8.42 Å². The largest absolute Gasteiger partial charge is 0.279 e. The van der Waals surface area contributed by atoms with Crippen molar-refractivity contribution in [3.8, 4) is 0 Å². The van der Waals surface area contributed by atoms with Gasteiger partial charge < -0.3 is 0 Å². The second-order valence-corrected chi connectivity index (χ2v) is 8.07. The van der Waals surface area contributed by atoms with Crippen molar-refractivity contribution in [2.75, 3.05) is 4.72 Å². The van der Waals surface area contributed by atoms with E-state index in [1.807, 2.05) is 12.1 Å². The van der Waals surface area contributed by atoms with E-state index >= 15 is 0 Å². The molecule has 0 amide bonds. The van der Waals surface area contributed by atoms with E-state index in [9.17, 15) is 8.42 Å². The zero-order chi connectivity index (χ0) is 14.0. The molecule has 102 valence electrons. The van der Waals surface area contributed by atoms with Gasteiger partial charge in [0.05, 0.1) is 4.34 Å². The molecule has 0 aliphatic heterocycles. The van der Waals surface area contributed by atoms with Crippen molar-refractivity contribution in [2.24, 2.45) is 0 Å². The molecule has 19 heavy (non-hydrogen) atoms. The predicted octanol–water partition coefficient (Wildman–Crippen LogP) is 4.33. The molecule has 2 aromatic rings. The first-order valence-electron chi connectivity index (χ1n) is 5.76. The summed E-state index contributed by atoms with van der Waals surface area (Å²) in [5.41, 5.74) is 1.72. The summed E-state index contributed by atoms with van der Waals surface area (Å²) in [5.74, 6) is 0.418. The Morgan fingerprint density at radius 3 is 2.21 bits per heavy atom. The Kier molecular flexibility index (Phi) is 4.18. The van der Waals surface area contributed by atoms with Gasteiger partial charge in [-0.05, 0) is 35.7 Å². The maximum Gasteiger partial charge on any atom is 0.271 e. The van der Waals surface area contributed by atoms with E-state index in [0.717, 1.165) is 11.3 Å². The molecule has 1 N–H and O–H groups in total. The van der Waals surface area contributed by atoms with Crippen LogP contribution in [0.25, 0.3) is 0 Å². The molecule has 0 unspecified atom stereocenters. The van der Waals surface area contributed by atoms with Gasteiger partial charge in [-0.1, -0.05) is 37.6 Å². The fourth-order valence-corrected chi connectivity index (χ4v) is 4.12. The monoisotopic (exact) mass is 315 g/mol. The third-order valence-electron chi connectivity index (χ3n) is 2.64. The average molecular weight is 316 g/mol. The van der Waals surface area contributed by atoms with E-state index in [1.54, 1.807) is 18.2 Å². The fourth-order valence-electron chi connectivity index (χ4n) is 1.58. The zero-order valence-corrected chi connectivity index (χ0v) is 12.9. The number of halogens is 1. The molecular formula is C13H14ClNO2S2. The lowest BCUT2D eigenvalue weighted by atomic mass is 10.0. The normalized spacial score (nSPS) is 11.8. The molecule has 0 radical (unpaired) electrons. The molecule has 0 spiro atoms. The van der Waals surface area contributed by atoms with Crippen molar-refractivity contribution in [1.29, 1.82) is 0 Å². The van der Waals surface area contributed by atoms with E-state index in [1.165, 1.54) is 11.6 Å². The minimum Gasteiger partial charge on any atom is -0.279 e. The van der Waals surface area contributed by atoms with Crippen molar-refractivity contribution >= 4 is 38.6 Å². The van der Waals surface area contributed by atoms with Crippen LogP contribution in [-0.2, 0) is 10.0 Å². The van der Waals surface area contributed by atoms with Crippen LogP contribution in [0.3, 0.4) is 0 Å². The standard InChI is InChI=1S/C13H14ClNO2S2/c1-9(2)10-3-5-11(6-4-10)15-19(16,17)13-8-7-12(14)18-13/h3-9,15H,1-2H3. The van der Waals surface area contributed by atoms with Crippen LogP contribution in [0.2, 0.25) is 4.34 Å². The van der Waals surface area contributed by atoms with Crippen molar-refractivity contribution in [3.05, 3.63) is 46.3 Å². The second-order valence-electron chi connectivity index (χ2n) is 4.44. The number of benzene rings is 1. The summed E-state index contributed by atoms with van der Waals surface area (Å²) in [5, 5.41) is 0. The smallest absolute Gasteiger partial charge is 0.271 e. The Labute approximate surface area is 122 Å². The highest BCUT2D eigenvalue weighted by molar-refractivity contribution is 7.94. The Balaban J connectivity index is 2.21. The highest BCUT2D eigenvalue weighted by atomic mass is 35.5. The molecule has 2 rings (SSSR count). The van der Waals surface area contributed by atoms with Crippen LogP contribution in [0.1, 0.15) is 25.3 Å². The molecule has 1 aromatic carbocycles. The van der Waals surface area contributed by atoms with E-state index < -0.39 is 10.0 Å². The van der Waals surface area contributed by atoms with Gasteiger partial charge in [0.15, 0.2) is 0 Å². The van der Waals surface area contributed by atoms with Crippen molar-refractivity contribution in [2.45, 2.75) is 24.0 Å². The average Bonchev–Trinajstić information content (AvgIpc) is 2.77. The van der Waals surface area contributed by atoms with Gasteiger partial charge in [-0.15, -0.1) is 11.3 Å².